The van der Waals surface area contributed by atoms with E-state index in [1.165, 1.54) is 16.8 Å². The summed E-state index contributed by atoms with van der Waals surface area (Å²) in [4.78, 5) is 0. The Labute approximate surface area is 177 Å². The predicted octanol–water partition coefficient (Wildman–Crippen LogP) is 4.92. The highest BCUT2D eigenvalue weighted by molar-refractivity contribution is 6.99. The van der Waals surface area contributed by atoms with Gasteiger partial charge < -0.3 is 9.16 Å². The fourth-order valence-corrected chi connectivity index (χ4v) is 8.83. The summed E-state index contributed by atoms with van der Waals surface area (Å²) in [6.45, 7) is 8.60. The number of rotatable bonds is 7. The van der Waals surface area contributed by atoms with Gasteiger partial charge in [-0.1, -0.05) is 81.4 Å². The van der Waals surface area contributed by atoms with Crippen LogP contribution in [0.15, 0.2) is 60.7 Å². The number of unbranched alkanes of at least 4 members (excludes halogenated alkanes) is 1. The maximum absolute atomic E-state index is 6.89. The summed E-state index contributed by atoms with van der Waals surface area (Å²) in [7, 11) is -2.41. The lowest BCUT2D eigenvalue weighted by Crippen LogP contribution is -2.66. The minimum absolute atomic E-state index is 0.0290. The van der Waals surface area contributed by atoms with Gasteiger partial charge in [0.2, 0.25) is 0 Å². The van der Waals surface area contributed by atoms with Crippen molar-refractivity contribution in [1.29, 1.82) is 0 Å². The summed E-state index contributed by atoms with van der Waals surface area (Å²) < 4.78 is 12.5. The predicted molar refractivity (Wildman–Crippen MR) is 124 cm³/mol. The van der Waals surface area contributed by atoms with Gasteiger partial charge in [-0.2, -0.15) is 0 Å². The Kier molecular flexibility index (Phi) is 7.72. The van der Waals surface area contributed by atoms with Gasteiger partial charge in [-0.3, -0.25) is 0 Å². The third-order valence-corrected chi connectivity index (χ3v) is 10.7. The van der Waals surface area contributed by atoms with E-state index < -0.39 is 8.32 Å². The molecule has 154 valence electrons. The molecule has 3 rings (SSSR count). The first-order chi connectivity index (χ1) is 14.0. The molecule has 2 aromatic carbocycles. The third kappa shape index (κ3) is 5.39. The van der Waals surface area contributed by atoms with Gasteiger partial charge in [0.15, 0.2) is 0 Å². The Morgan fingerprint density at radius 1 is 0.966 bits per heavy atom. The highest BCUT2D eigenvalue weighted by atomic mass is 28.4. The van der Waals surface area contributed by atoms with Crippen molar-refractivity contribution in [3.05, 3.63) is 60.7 Å². The Morgan fingerprint density at radius 2 is 1.59 bits per heavy atom. The van der Waals surface area contributed by atoms with E-state index >= 15 is 0 Å². The molecule has 0 spiro atoms. The largest absolute Gasteiger partial charge is 0.407 e. The van der Waals surface area contributed by atoms with E-state index in [-0.39, 0.29) is 5.04 Å². The Hall–Kier alpha value is -1.86. The highest BCUT2D eigenvalue weighted by Crippen LogP contribution is 2.36. The lowest BCUT2D eigenvalue weighted by atomic mass is 10.2. The van der Waals surface area contributed by atoms with Crippen molar-refractivity contribution in [1.82, 2.24) is 0 Å². The first-order valence-corrected chi connectivity index (χ1v) is 12.8. The Balaban J connectivity index is 1.71. The van der Waals surface area contributed by atoms with Gasteiger partial charge in [-0.25, -0.2) is 0 Å². The normalized spacial score (nSPS) is 17.0. The zero-order valence-electron chi connectivity index (χ0n) is 18.1. The van der Waals surface area contributed by atoms with Gasteiger partial charge in [0.1, 0.15) is 0 Å². The third-order valence-electron chi connectivity index (χ3n) is 5.66. The molecule has 1 aliphatic heterocycles. The SMILES string of the molecule is CC(C)(C)[Si](OCCCC#CCC1CCCO1)(c1ccccc1)c1ccccc1. The lowest BCUT2D eigenvalue weighted by molar-refractivity contribution is 0.115. The molecular weight excluding hydrogens is 372 g/mol. The molecule has 1 atom stereocenters. The standard InChI is InChI=1S/C26H34O2Si/c1-26(2,3)29(24-17-9-6-10-18-24,25-19-11-7-12-20-25)28-22-13-5-4-8-15-23-16-14-21-27-23/h6-7,9-12,17-20,23H,5,13-16,21-22H2,1-3H3. The summed E-state index contributed by atoms with van der Waals surface area (Å²) in [6.07, 6.45) is 5.41. The fourth-order valence-electron chi connectivity index (χ4n) is 4.23. The summed E-state index contributed by atoms with van der Waals surface area (Å²) in [5.41, 5.74) is 0. The number of hydrogen-bond donors (Lipinski definition) is 0. The average Bonchev–Trinajstić information content (AvgIpc) is 3.24. The highest BCUT2D eigenvalue weighted by Gasteiger charge is 2.49. The van der Waals surface area contributed by atoms with Crippen LogP contribution in [-0.2, 0) is 9.16 Å². The van der Waals surface area contributed by atoms with E-state index in [1.807, 2.05) is 0 Å². The molecule has 3 heteroatoms. The Bertz CT molecular complexity index is 754. The molecule has 0 aliphatic carbocycles. The van der Waals surface area contributed by atoms with E-state index in [2.05, 4.69) is 93.3 Å². The molecule has 0 aromatic heterocycles. The second-order valence-corrected chi connectivity index (χ2v) is 13.1. The molecule has 1 unspecified atom stereocenters. The minimum atomic E-state index is -2.41. The molecule has 1 heterocycles. The van der Waals surface area contributed by atoms with Crippen LogP contribution in [0.5, 0.6) is 0 Å². The van der Waals surface area contributed by atoms with Gasteiger partial charge >= 0.3 is 0 Å². The molecule has 0 bridgehead atoms. The van der Waals surface area contributed by atoms with Crippen LogP contribution in [0.25, 0.3) is 0 Å². The van der Waals surface area contributed by atoms with Crippen LogP contribution in [0, 0.1) is 11.8 Å². The van der Waals surface area contributed by atoms with Gasteiger partial charge in [-0.05, 0) is 34.7 Å². The monoisotopic (exact) mass is 406 g/mol. The zero-order chi connectivity index (χ0) is 20.6. The molecule has 1 fully saturated rings. The molecule has 29 heavy (non-hydrogen) atoms. The van der Waals surface area contributed by atoms with Crippen LogP contribution in [0.3, 0.4) is 0 Å². The fraction of sp³-hybridized carbons (Fsp3) is 0.462. The average molecular weight is 407 g/mol. The van der Waals surface area contributed by atoms with Crippen LogP contribution in [-0.4, -0.2) is 27.6 Å². The van der Waals surface area contributed by atoms with Crippen molar-refractivity contribution >= 4 is 18.7 Å². The summed E-state index contributed by atoms with van der Waals surface area (Å²) in [6, 6.07) is 21.7. The van der Waals surface area contributed by atoms with Crippen LogP contribution >= 0.6 is 0 Å². The van der Waals surface area contributed by atoms with Crippen molar-refractivity contribution in [2.24, 2.45) is 0 Å². The first kappa shape index (κ1) is 21.8. The smallest absolute Gasteiger partial charge is 0.261 e. The number of benzene rings is 2. The van der Waals surface area contributed by atoms with E-state index in [4.69, 9.17) is 9.16 Å². The van der Waals surface area contributed by atoms with Crippen molar-refractivity contribution in [2.75, 3.05) is 13.2 Å². The molecule has 2 aromatic rings. The molecule has 0 radical (unpaired) electrons. The molecule has 1 saturated heterocycles. The molecule has 2 nitrogen and oxygen atoms in total. The van der Waals surface area contributed by atoms with Gasteiger partial charge in [0.25, 0.3) is 8.32 Å². The van der Waals surface area contributed by atoms with E-state index in [1.54, 1.807) is 0 Å². The van der Waals surface area contributed by atoms with Crippen molar-refractivity contribution in [2.45, 2.75) is 64.0 Å². The molecule has 0 amide bonds. The zero-order valence-corrected chi connectivity index (χ0v) is 19.1. The minimum Gasteiger partial charge on any atom is -0.407 e. The summed E-state index contributed by atoms with van der Waals surface area (Å²) in [5, 5.41) is 2.70. The summed E-state index contributed by atoms with van der Waals surface area (Å²) in [5.74, 6) is 6.62. The van der Waals surface area contributed by atoms with Crippen molar-refractivity contribution < 1.29 is 9.16 Å². The van der Waals surface area contributed by atoms with Crippen molar-refractivity contribution in [3.63, 3.8) is 0 Å². The van der Waals surface area contributed by atoms with E-state index in [0.717, 1.165) is 38.9 Å². The maximum Gasteiger partial charge on any atom is 0.261 e. The topological polar surface area (TPSA) is 18.5 Å². The molecular formula is C26H34O2Si. The summed E-state index contributed by atoms with van der Waals surface area (Å²) >= 11 is 0. The first-order valence-electron chi connectivity index (χ1n) is 10.9. The number of ether oxygens (including phenoxy) is 1. The quantitative estimate of drug-likeness (QED) is 0.369. The second kappa shape index (κ2) is 10.3. The van der Waals surface area contributed by atoms with E-state index in [9.17, 15) is 0 Å². The second-order valence-electron chi connectivity index (χ2n) is 8.81. The molecule has 0 N–H and O–H groups in total. The number of hydrogen-bond acceptors (Lipinski definition) is 2. The van der Waals surface area contributed by atoms with Crippen LogP contribution in [0.2, 0.25) is 5.04 Å². The van der Waals surface area contributed by atoms with Crippen LogP contribution in [0.4, 0.5) is 0 Å². The molecule has 1 aliphatic rings. The van der Waals surface area contributed by atoms with E-state index in [0.29, 0.717) is 6.10 Å². The molecule has 0 saturated carbocycles. The van der Waals surface area contributed by atoms with Gasteiger partial charge in [0, 0.05) is 26.1 Å². The van der Waals surface area contributed by atoms with Gasteiger partial charge in [-0.15, -0.1) is 11.8 Å². The Morgan fingerprint density at radius 3 is 2.10 bits per heavy atom. The van der Waals surface area contributed by atoms with Crippen LogP contribution < -0.4 is 10.4 Å². The maximum atomic E-state index is 6.89. The van der Waals surface area contributed by atoms with Crippen molar-refractivity contribution in [3.8, 4) is 11.8 Å². The van der Waals surface area contributed by atoms with Gasteiger partial charge in [0.05, 0.1) is 6.10 Å². The lowest BCUT2D eigenvalue weighted by Gasteiger charge is -2.43. The van der Waals surface area contributed by atoms with Crippen LogP contribution in [0.1, 0.15) is 52.9 Å².